The second-order valence-electron chi connectivity index (χ2n) is 7.88. The number of anilines is 1. The standard InChI is InChI=1S/C29H23NO5S/c1-3-35-29(34)24-23(19-10-6-4-7-11-19)18(2)36-28(24)30-27(33)22-16-14-21(15-17-22)26(32)25(31)20-12-8-5-9-13-20/h4-17H,3H2,1-2H3,(H,30,33). The molecule has 1 N–H and O–H groups in total. The van der Waals surface area contributed by atoms with E-state index in [1.807, 2.05) is 37.3 Å². The molecule has 4 rings (SSSR count). The van der Waals surface area contributed by atoms with Crippen molar-refractivity contribution in [3.8, 4) is 11.1 Å². The molecule has 0 aliphatic carbocycles. The molecule has 7 heteroatoms. The molecule has 0 bridgehead atoms. The second-order valence-corrected chi connectivity index (χ2v) is 9.10. The van der Waals surface area contributed by atoms with Gasteiger partial charge in [0.05, 0.1) is 6.61 Å². The number of ketones is 2. The van der Waals surface area contributed by atoms with Gasteiger partial charge in [-0.05, 0) is 31.5 Å². The van der Waals surface area contributed by atoms with Crippen LogP contribution in [0.2, 0.25) is 0 Å². The molecule has 180 valence electrons. The van der Waals surface area contributed by atoms with Gasteiger partial charge in [0, 0.05) is 27.1 Å². The minimum absolute atomic E-state index is 0.186. The molecule has 0 fully saturated rings. The molecule has 0 aliphatic rings. The van der Waals surface area contributed by atoms with Crippen LogP contribution in [0.3, 0.4) is 0 Å². The summed E-state index contributed by atoms with van der Waals surface area (Å²) in [6, 6.07) is 23.6. The summed E-state index contributed by atoms with van der Waals surface area (Å²) in [5.41, 5.74) is 2.64. The van der Waals surface area contributed by atoms with Crippen LogP contribution in [0.15, 0.2) is 84.9 Å². The van der Waals surface area contributed by atoms with Crippen molar-refractivity contribution in [2.75, 3.05) is 11.9 Å². The third-order valence-corrected chi connectivity index (χ3v) is 6.53. The zero-order chi connectivity index (χ0) is 25.7. The smallest absolute Gasteiger partial charge is 0.341 e. The van der Waals surface area contributed by atoms with Gasteiger partial charge in [0.1, 0.15) is 10.6 Å². The lowest BCUT2D eigenvalue weighted by Crippen LogP contribution is -2.16. The van der Waals surface area contributed by atoms with Gasteiger partial charge in [-0.15, -0.1) is 11.3 Å². The number of hydrogen-bond donors (Lipinski definition) is 1. The van der Waals surface area contributed by atoms with Gasteiger partial charge in [0.25, 0.3) is 5.91 Å². The molecule has 0 radical (unpaired) electrons. The molecule has 3 aromatic carbocycles. The van der Waals surface area contributed by atoms with E-state index in [0.717, 1.165) is 16.0 Å². The molecule has 1 heterocycles. The Bertz CT molecular complexity index is 1420. The van der Waals surface area contributed by atoms with Crippen molar-refractivity contribution in [3.05, 3.63) is 112 Å². The Morgan fingerprint density at radius 2 is 1.28 bits per heavy atom. The number of rotatable bonds is 8. The molecule has 1 amide bonds. The van der Waals surface area contributed by atoms with Crippen LogP contribution in [0.1, 0.15) is 53.2 Å². The van der Waals surface area contributed by atoms with Crippen molar-refractivity contribution < 1.29 is 23.9 Å². The van der Waals surface area contributed by atoms with Crippen LogP contribution in [0.25, 0.3) is 11.1 Å². The van der Waals surface area contributed by atoms with Crippen molar-refractivity contribution in [2.24, 2.45) is 0 Å². The topological polar surface area (TPSA) is 89.5 Å². The Morgan fingerprint density at radius 1 is 0.750 bits per heavy atom. The van der Waals surface area contributed by atoms with Crippen LogP contribution in [0, 0.1) is 6.92 Å². The summed E-state index contributed by atoms with van der Waals surface area (Å²) in [6.45, 7) is 3.81. The zero-order valence-corrected chi connectivity index (χ0v) is 20.6. The van der Waals surface area contributed by atoms with Crippen molar-refractivity contribution in [3.63, 3.8) is 0 Å². The number of ether oxygens (including phenoxy) is 1. The Morgan fingerprint density at radius 3 is 1.86 bits per heavy atom. The van der Waals surface area contributed by atoms with Gasteiger partial charge in [0.2, 0.25) is 11.6 Å². The molecule has 36 heavy (non-hydrogen) atoms. The number of hydrogen-bond acceptors (Lipinski definition) is 6. The summed E-state index contributed by atoms with van der Waals surface area (Å²) >= 11 is 1.29. The highest BCUT2D eigenvalue weighted by Crippen LogP contribution is 2.40. The van der Waals surface area contributed by atoms with Crippen LogP contribution < -0.4 is 5.32 Å². The van der Waals surface area contributed by atoms with Crippen LogP contribution in [-0.4, -0.2) is 30.0 Å². The Kier molecular flexibility index (Phi) is 7.51. The summed E-state index contributed by atoms with van der Waals surface area (Å²) in [7, 11) is 0. The van der Waals surface area contributed by atoms with E-state index in [1.165, 1.54) is 35.6 Å². The van der Waals surface area contributed by atoms with Gasteiger partial charge in [-0.25, -0.2) is 4.79 Å². The van der Waals surface area contributed by atoms with Crippen LogP contribution in [0.5, 0.6) is 0 Å². The predicted octanol–water partition coefficient (Wildman–Crippen LogP) is 6.22. The number of carbonyl (C=O) groups excluding carboxylic acids is 4. The molecule has 1 aromatic heterocycles. The van der Waals surface area contributed by atoms with Crippen molar-refractivity contribution in [1.82, 2.24) is 0 Å². The first-order chi connectivity index (χ1) is 17.4. The molecule has 0 spiro atoms. The number of benzene rings is 3. The Hall–Kier alpha value is -4.36. The molecule has 0 aliphatic heterocycles. The first-order valence-electron chi connectivity index (χ1n) is 11.3. The summed E-state index contributed by atoms with van der Waals surface area (Å²) in [6.07, 6.45) is 0. The maximum atomic E-state index is 13.0. The lowest BCUT2D eigenvalue weighted by molar-refractivity contribution is 0.0528. The number of Topliss-reactive ketones (excluding diaryl/α,β-unsaturated/α-hetero) is 2. The van der Waals surface area contributed by atoms with Crippen LogP contribution >= 0.6 is 11.3 Å². The highest BCUT2D eigenvalue weighted by atomic mass is 32.1. The summed E-state index contributed by atoms with van der Waals surface area (Å²) in [4.78, 5) is 51.8. The van der Waals surface area contributed by atoms with Crippen LogP contribution in [-0.2, 0) is 4.74 Å². The fourth-order valence-electron chi connectivity index (χ4n) is 3.78. The summed E-state index contributed by atoms with van der Waals surface area (Å²) < 4.78 is 5.28. The van der Waals surface area contributed by atoms with E-state index in [9.17, 15) is 19.2 Å². The van der Waals surface area contributed by atoms with E-state index in [2.05, 4.69) is 5.32 Å². The van der Waals surface area contributed by atoms with Gasteiger partial charge in [-0.3, -0.25) is 14.4 Å². The number of thiophene rings is 1. The summed E-state index contributed by atoms with van der Waals surface area (Å²) in [5, 5.41) is 3.20. The Labute approximate surface area is 212 Å². The molecular formula is C29H23NO5S. The van der Waals surface area contributed by atoms with Crippen molar-refractivity contribution >= 4 is 39.8 Å². The minimum Gasteiger partial charge on any atom is -0.462 e. The highest BCUT2D eigenvalue weighted by Gasteiger charge is 2.26. The Balaban J connectivity index is 1.59. The average Bonchev–Trinajstić information content (AvgIpc) is 3.24. The van der Waals surface area contributed by atoms with Crippen molar-refractivity contribution in [2.45, 2.75) is 13.8 Å². The monoisotopic (exact) mass is 497 g/mol. The predicted molar refractivity (Wildman–Crippen MR) is 140 cm³/mol. The largest absolute Gasteiger partial charge is 0.462 e. The van der Waals surface area contributed by atoms with E-state index in [-0.39, 0.29) is 17.7 Å². The number of amides is 1. The van der Waals surface area contributed by atoms with Crippen molar-refractivity contribution in [1.29, 1.82) is 0 Å². The average molecular weight is 498 g/mol. The molecule has 6 nitrogen and oxygen atoms in total. The van der Waals surface area contributed by atoms with E-state index in [1.54, 1.807) is 37.3 Å². The highest BCUT2D eigenvalue weighted by molar-refractivity contribution is 7.17. The van der Waals surface area contributed by atoms with Crippen LogP contribution in [0.4, 0.5) is 5.00 Å². The summed E-state index contributed by atoms with van der Waals surface area (Å²) in [5.74, 6) is -2.24. The number of aryl methyl sites for hydroxylation is 1. The first kappa shape index (κ1) is 24.8. The molecule has 0 saturated heterocycles. The molecular weight excluding hydrogens is 474 g/mol. The molecule has 4 aromatic rings. The molecule has 0 atom stereocenters. The third kappa shape index (κ3) is 5.16. The van der Waals surface area contributed by atoms with E-state index < -0.39 is 23.4 Å². The zero-order valence-electron chi connectivity index (χ0n) is 19.7. The van der Waals surface area contributed by atoms with E-state index >= 15 is 0 Å². The molecule has 0 saturated carbocycles. The third-order valence-electron chi connectivity index (χ3n) is 5.50. The van der Waals surface area contributed by atoms with E-state index in [4.69, 9.17) is 4.74 Å². The van der Waals surface area contributed by atoms with Gasteiger partial charge in [0.15, 0.2) is 0 Å². The van der Waals surface area contributed by atoms with Gasteiger partial charge in [-0.2, -0.15) is 0 Å². The van der Waals surface area contributed by atoms with Gasteiger partial charge in [-0.1, -0.05) is 72.8 Å². The van der Waals surface area contributed by atoms with E-state index in [0.29, 0.717) is 16.1 Å². The lowest BCUT2D eigenvalue weighted by atomic mass is 10.0. The quantitative estimate of drug-likeness (QED) is 0.177. The first-order valence-corrected chi connectivity index (χ1v) is 12.1. The fraction of sp³-hybridized carbons (Fsp3) is 0.103. The normalized spacial score (nSPS) is 10.5. The fourth-order valence-corrected chi connectivity index (χ4v) is 4.84. The minimum atomic E-state index is -0.654. The second kappa shape index (κ2) is 10.9. The lowest BCUT2D eigenvalue weighted by Gasteiger charge is -2.09. The number of esters is 1. The maximum absolute atomic E-state index is 13.0. The number of carbonyl (C=O) groups is 4. The SMILES string of the molecule is CCOC(=O)c1c(NC(=O)c2ccc(C(=O)C(=O)c3ccccc3)cc2)sc(C)c1-c1ccccc1. The van der Waals surface area contributed by atoms with Gasteiger partial charge >= 0.3 is 5.97 Å². The molecule has 0 unspecified atom stereocenters. The maximum Gasteiger partial charge on any atom is 0.341 e. The van der Waals surface area contributed by atoms with Gasteiger partial charge < -0.3 is 10.1 Å². The number of nitrogens with one attached hydrogen (secondary N) is 1.